The van der Waals surface area contributed by atoms with E-state index in [0.717, 1.165) is 6.42 Å². The highest BCUT2D eigenvalue weighted by Gasteiger charge is 2.50. The molecule has 1 atom stereocenters. The number of hydrogen-bond donors (Lipinski definition) is 1. The van der Waals surface area contributed by atoms with Crippen molar-refractivity contribution in [3.8, 4) is 0 Å². The third-order valence-electron chi connectivity index (χ3n) is 3.59. The van der Waals surface area contributed by atoms with Crippen molar-refractivity contribution in [3.05, 3.63) is 11.9 Å². The van der Waals surface area contributed by atoms with Crippen LogP contribution in [0, 0.1) is 0 Å². The fourth-order valence-corrected chi connectivity index (χ4v) is 2.68. The zero-order valence-corrected chi connectivity index (χ0v) is 11.9. The van der Waals surface area contributed by atoms with Gasteiger partial charge < -0.3 is 15.0 Å². The Morgan fingerprint density at radius 1 is 1.55 bits per heavy atom. The SMILES string of the molecule is CNC(=O)C1(COC)CCCN1C(=O)c1cnn(C)n1. The summed E-state index contributed by atoms with van der Waals surface area (Å²) in [5, 5.41) is 10.5. The van der Waals surface area contributed by atoms with E-state index in [1.807, 2.05) is 0 Å². The van der Waals surface area contributed by atoms with Crippen LogP contribution < -0.4 is 5.32 Å². The summed E-state index contributed by atoms with van der Waals surface area (Å²) in [6, 6.07) is 0. The first-order valence-corrected chi connectivity index (χ1v) is 6.44. The summed E-state index contributed by atoms with van der Waals surface area (Å²) in [5.41, 5.74) is -0.725. The van der Waals surface area contributed by atoms with Gasteiger partial charge in [-0.2, -0.15) is 9.90 Å². The maximum atomic E-state index is 12.5. The van der Waals surface area contributed by atoms with E-state index >= 15 is 0 Å². The van der Waals surface area contributed by atoms with Crippen molar-refractivity contribution >= 4 is 11.8 Å². The quantitative estimate of drug-likeness (QED) is 0.779. The van der Waals surface area contributed by atoms with Gasteiger partial charge in [0.25, 0.3) is 5.91 Å². The minimum absolute atomic E-state index is 0.165. The number of ether oxygens (including phenoxy) is 1. The molecular weight excluding hydrogens is 262 g/mol. The number of carbonyl (C=O) groups excluding carboxylic acids is 2. The summed E-state index contributed by atoms with van der Waals surface area (Å²) in [7, 11) is 4.72. The van der Waals surface area contributed by atoms with Crippen molar-refractivity contribution in [2.45, 2.75) is 18.4 Å². The van der Waals surface area contributed by atoms with Crippen LogP contribution in [-0.2, 0) is 16.6 Å². The van der Waals surface area contributed by atoms with Crippen LogP contribution >= 0.6 is 0 Å². The molecule has 1 fully saturated rings. The van der Waals surface area contributed by atoms with E-state index in [2.05, 4.69) is 15.5 Å². The van der Waals surface area contributed by atoms with E-state index in [0.29, 0.717) is 13.0 Å². The topological polar surface area (TPSA) is 89.4 Å². The number of aryl methyl sites for hydroxylation is 1. The van der Waals surface area contributed by atoms with Crippen LogP contribution in [0.3, 0.4) is 0 Å². The highest BCUT2D eigenvalue weighted by molar-refractivity contribution is 5.98. The fourth-order valence-electron chi connectivity index (χ4n) is 2.68. The highest BCUT2D eigenvalue weighted by atomic mass is 16.5. The van der Waals surface area contributed by atoms with Crippen LogP contribution in [0.15, 0.2) is 6.20 Å². The molecule has 2 heterocycles. The van der Waals surface area contributed by atoms with Crippen molar-refractivity contribution in [2.75, 3.05) is 27.3 Å². The molecule has 0 radical (unpaired) electrons. The number of hydrogen-bond acceptors (Lipinski definition) is 5. The second-order valence-corrected chi connectivity index (χ2v) is 4.82. The van der Waals surface area contributed by atoms with Crippen LogP contribution in [0.25, 0.3) is 0 Å². The smallest absolute Gasteiger partial charge is 0.277 e. The highest BCUT2D eigenvalue weighted by Crippen LogP contribution is 2.31. The van der Waals surface area contributed by atoms with Gasteiger partial charge in [-0.15, -0.1) is 5.10 Å². The largest absolute Gasteiger partial charge is 0.382 e. The first-order chi connectivity index (χ1) is 9.55. The van der Waals surface area contributed by atoms with Gasteiger partial charge in [0.2, 0.25) is 5.91 Å². The van der Waals surface area contributed by atoms with Crippen LogP contribution in [0.1, 0.15) is 23.3 Å². The second kappa shape index (κ2) is 5.58. The Morgan fingerprint density at radius 3 is 2.85 bits per heavy atom. The number of nitrogens with zero attached hydrogens (tertiary/aromatic N) is 4. The summed E-state index contributed by atoms with van der Waals surface area (Å²) in [5.74, 6) is -0.509. The van der Waals surface area contributed by atoms with E-state index in [-0.39, 0.29) is 24.1 Å². The summed E-state index contributed by atoms with van der Waals surface area (Å²) in [6.45, 7) is 0.671. The van der Waals surface area contributed by atoms with Crippen molar-refractivity contribution in [1.29, 1.82) is 0 Å². The molecule has 0 aromatic carbocycles. The maximum Gasteiger partial charge on any atom is 0.277 e. The summed E-state index contributed by atoms with van der Waals surface area (Å²) in [6.07, 6.45) is 2.73. The molecule has 1 N–H and O–H groups in total. The van der Waals surface area contributed by atoms with Gasteiger partial charge in [-0.05, 0) is 12.8 Å². The summed E-state index contributed by atoms with van der Waals surface area (Å²) < 4.78 is 5.18. The van der Waals surface area contributed by atoms with Gasteiger partial charge in [0.05, 0.1) is 12.8 Å². The molecule has 1 aliphatic rings. The van der Waals surface area contributed by atoms with Gasteiger partial charge in [-0.3, -0.25) is 9.59 Å². The Hall–Kier alpha value is -1.96. The molecule has 1 aromatic rings. The molecule has 1 unspecified atom stereocenters. The number of carbonyl (C=O) groups is 2. The van der Waals surface area contributed by atoms with E-state index in [9.17, 15) is 9.59 Å². The molecule has 2 rings (SSSR count). The molecule has 2 amide bonds. The number of likely N-dealkylation sites (N-methyl/N-ethyl adjacent to an activating group) is 1. The van der Waals surface area contributed by atoms with Crippen LogP contribution in [0.5, 0.6) is 0 Å². The Labute approximate surface area is 117 Å². The zero-order chi connectivity index (χ0) is 14.8. The minimum Gasteiger partial charge on any atom is -0.382 e. The molecular formula is C12H19N5O3. The van der Waals surface area contributed by atoms with Crippen molar-refractivity contribution in [3.63, 3.8) is 0 Å². The summed E-state index contributed by atoms with van der Waals surface area (Å²) >= 11 is 0. The van der Waals surface area contributed by atoms with Gasteiger partial charge in [0, 0.05) is 27.7 Å². The van der Waals surface area contributed by atoms with Gasteiger partial charge in [-0.1, -0.05) is 0 Å². The average Bonchev–Trinajstić information content (AvgIpc) is 3.05. The first kappa shape index (κ1) is 14.4. The van der Waals surface area contributed by atoms with E-state index in [4.69, 9.17) is 4.74 Å². The normalized spacial score (nSPS) is 22.1. The standard InChI is InChI=1S/C12H19N5O3/c1-13-11(19)12(8-20-3)5-4-6-17(12)10(18)9-7-14-16(2)15-9/h7H,4-6,8H2,1-3H3,(H,13,19). The average molecular weight is 281 g/mol. The zero-order valence-electron chi connectivity index (χ0n) is 11.9. The van der Waals surface area contributed by atoms with Crippen molar-refractivity contribution in [1.82, 2.24) is 25.2 Å². The Bertz CT molecular complexity index is 515. The third-order valence-corrected chi connectivity index (χ3v) is 3.59. The molecule has 8 nitrogen and oxygen atoms in total. The molecule has 1 aromatic heterocycles. The van der Waals surface area contributed by atoms with E-state index in [1.165, 1.54) is 18.1 Å². The molecule has 0 aliphatic carbocycles. The van der Waals surface area contributed by atoms with Gasteiger partial charge in [-0.25, -0.2) is 0 Å². The molecule has 110 valence electrons. The van der Waals surface area contributed by atoms with E-state index < -0.39 is 5.54 Å². The van der Waals surface area contributed by atoms with Crippen LogP contribution in [0.2, 0.25) is 0 Å². The van der Waals surface area contributed by atoms with Crippen molar-refractivity contribution < 1.29 is 14.3 Å². The number of aromatic nitrogens is 3. The van der Waals surface area contributed by atoms with Crippen molar-refractivity contribution in [2.24, 2.45) is 7.05 Å². The molecule has 1 aliphatic heterocycles. The molecule has 0 spiro atoms. The number of methoxy groups -OCH3 is 1. The van der Waals surface area contributed by atoms with Crippen LogP contribution in [0.4, 0.5) is 0 Å². The predicted octanol–water partition coefficient (Wildman–Crippen LogP) is -0.818. The Morgan fingerprint density at radius 2 is 2.30 bits per heavy atom. The second-order valence-electron chi connectivity index (χ2n) is 4.82. The maximum absolute atomic E-state index is 12.5. The van der Waals surface area contributed by atoms with Gasteiger partial charge >= 0.3 is 0 Å². The van der Waals surface area contributed by atoms with Crippen LogP contribution in [-0.4, -0.2) is 64.6 Å². The van der Waals surface area contributed by atoms with Gasteiger partial charge in [0.1, 0.15) is 5.54 Å². The third kappa shape index (κ3) is 2.26. The number of nitrogens with one attached hydrogen (secondary N) is 1. The lowest BCUT2D eigenvalue weighted by atomic mass is 9.95. The minimum atomic E-state index is -0.960. The van der Waals surface area contributed by atoms with Gasteiger partial charge in [0.15, 0.2) is 5.69 Å². The number of rotatable bonds is 4. The lowest BCUT2D eigenvalue weighted by Gasteiger charge is -2.35. The fraction of sp³-hybridized carbons (Fsp3) is 0.667. The molecule has 1 saturated heterocycles. The first-order valence-electron chi connectivity index (χ1n) is 6.44. The molecule has 0 bridgehead atoms. The number of likely N-dealkylation sites (tertiary alicyclic amines) is 1. The Balaban J connectivity index is 2.32. The molecule has 0 saturated carbocycles. The predicted molar refractivity (Wildman–Crippen MR) is 69.9 cm³/mol. The molecule has 20 heavy (non-hydrogen) atoms. The number of amides is 2. The Kier molecular flexibility index (Phi) is 4.03. The lowest BCUT2D eigenvalue weighted by Crippen LogP contribution is -2.59. The monoisotopic (exact) mass is 281 g/mol. The summed E-state index contributed by atoms with van der Waals surface area (Å²) in [4.78, 5) is 27.7. The molecule has 8 heteroatoms. The van der Waals surface area contributed by atoms with E-state index in [1.54, 1.807) is 19.0 Å². The lowest BCUT2D eigenvalue weighted by molar-refractivity contribution is -0.133.